The third-order valence-corrected chi connectivity index (χ3v) is 9.68. The van der Waals surface area contributed by atoms with E-state index in [0.29, 0.717) is 42.0 Å². The Bertz CT molecular complexity index is 1840. The molecule has 0 unspecified atom stereocenters. The van der Waals surface area contributed by atoms with Crippen LogP contribution in [-0.2, 0) is 22.6 Å². The smallest absolute Gasteiger partial charge is 0.287 e. The van der Waals surface area contributed by atoms with Crippen LogP contribution in [0.2, 0.25) is 5.02 Å². The Morgan fingerprint density at radius 3 is 2.40 bits per heavy atom. The first-order valence-corrected chi connectivity index (χ1v) is 16.8. The van der Waals surface area contributed by atoms with Gasteiger partial charge in [0, 0.05) is 50.1 Å². The van der Waals surface area contributed by atoms with Crippen LogP contribution < -0.4 is 10.7 Å². The van der Waals surface area contributed by atoms with E-state index in [1.165, 1.54) is 11.6 Å². The maximum absolute atomic E-state index is 14.0. The molecule has 0 radical (unpaired) electrons. The van der Waals surface area contributed by atoms with E-state index in [9.17, 15) is 19.2 Å². The van der Waals surface area contributed by atoms with E-state index < -0.39 is 11.9 Å². The number of fused-ring (bicyclic) bond motifs is 1. The summed E-state index contributed by atoms with van der Waals surface area (Å²) < 4.78 is 5.88. The van der Waals surface area contributed by atoms with E-state index >= 15 is 0 Å². The normalized spacial score (nSPS) is 16.2. The predicted molar refractivity (Wildman–Crippen MR) is 183 cm³/mol. The van der Waals surface area contributed by atoms with Gasteiger partial charge in [-0.15, -0.1) is 0 Å². The highest BCUT2D eigenvalue weighted by molar-refractivity contribution is 6.30. The minimum Gasteiger partial charge on any atom is -0.451 e. The topological polar surface area (TPSA) is 99.9 Å². The Hall–Kier alpha value is -4.43. The van der Waals surface area contributed by atoms with Crippen LogP contribution in [0.5, 0.6) is 0 Å². The van der Waals surface area contributed by atoms with Crippen LogP contribution in [0, 0.1) is 0 Å². The van der Waals surface area contributed by atoms with Gasteiger partial charge in [-0.3, -0.25) is 19.2 Å². The molecular weight excluding hydrogens is 614 g/mol. The molecule has 0 spiro atoms. The maximum atomic E-state index is 14.0. The quantitative estimate of drug-likeness (QED) is 0.224. The zero-order valence-electron chi connectivity index (χ0n) is 26.8. The van der Waals surface area contributed by atoms with E-state index in [1.807, 2.05) is 54.0 Å². The summed E-state index contributed by atoms with van der Waals surface area (Å²) in [6.07, 6.45) is 3.32. The third-order valence-electron chi connectivity index (χ3n) is 9.43. The summed E-state index contributed by atoms with van der Waals surface area (Å²) in [4.78, 5) is 56.6. The number of halogens is 1. The Balaban J connectivity index is 1.18. The zero-order chi connectivity index (χ0) is 33.1. The Kier molecular flexibility index (Phi) is 9.78. The largest absolute Gasteiger partial charge is 0.451 e. The molecule has 2 fully saturated rings. The lowest BCUT2D eigenvalue weighted by Gasteiger charge is -2.35. The van der Waals surface area contributed by atoms with Gasteiger partial charge < -0.3 is 19.5 Å². The van der Waals surface area contributed by atoms with Gasteiger partial charge in [0.2, 0.25) is 11.8 Å². The fourth-order valence-corrected chi connectivity index (χ4v) is 6.84. The number of carbonyl (C=O) groups excluding carboxylic acids is 3. The number of rotatable bonds is 9. The molecule has 1 N–H and O–H groups in total. The molecule has 2 aliphatic rings. The van der Waals surface area contributed by atoms with Crippen molar-refractivity contribution in [2.75, 3.05) is 19.6 Å². The van der Waals surface area contributed by atoms with Gasteiger partial charge in [0.05, 0.1) is 5.39 Å². The minimum atomic E-state index is -0.877. The monoisotopic (exact) mass is 653 g/mol. The Morgan fingerprint density at radius 1 is 0.957 bits per heavy atom. The number of hydrogen-bond donors (Lipinski definition) is 1. The van der Waals surface area contributed by atoms with Crippen molar-refractivity contribution in [1.29, 1.82) is 0 Å². The van der Waals surface area contributed by atoms with Crippen LogP contribution in [0.15, 0.2) is 82.0 Å². The number of amides is 3. The number of benzene rings is 3. The highest BCUT2D eigenvalue weighted by atomic mass is 35.5. The van der Waals surface area contributed by atoms with Crippen molar-refractivity contribution >= 4 is 40.3 Å². The lowest BCUT2D eigenvalue weighted by Crippen LogP contribution is -2.51. The first-order chi connectivity index (χ1) is 22.7. The van der Waals surface area contributed by atoms with Crippen LogP contribution in [-0.4, -0.2) is 53.2 Å². The number of likely N-dealkylation sites (tertiary alicyclic amines) is 2. The Morgan fingerprint density at radius 2 is 1.70 bits per heavy atom. The number of piperidine rings is 1. The number of carbonyl (C=O) groups is 3. The summed E-state index contributed by atoms with van der Waals surface area (Å²) in [5, 5.41) is 3.87. The number of hydrogen-bond acceptors (Lipinski definition) is 5. The molecule has 2 aliphatic heterocycles. The predicted octanol–water partition coefficient (Wildman–Crippen LogP) is 6.44. The van der Waals surface area contributed by atoms with E-state index in [0.717, 1.165) is 42.5 Å². The molecule has 3 amide bonds. The minimum absolute atomic E-state index is 0.138. The molecule has 1 aromatic heterocycles. The van der Waals surface area contributed by atoms with Gasteiger partial charge in [-0.05, 0) is 77.6 Å². The first kappa shape index (κ1) is 32.5. The molecular formula is C38H40ClN3O5. The fraction of sp³-hybridized carbons (Fsp3) is 0.368. The van der Waals surface area contributed by atoms with Gasteiger partial charge in [0.25, 0.3) is 5.91 Å². The second-order valence-electron chi connectivity index (χ2n) is 13.0. The van der Waals surface area contributed by atoms with Gasteiger partial charge >= 0.3 is 0 Å². The SMILES string of the molecule is CC(C)c1ccc2oc(C(=O)N[C@@H](Cc3ccc(Cl)cc3)C(=O)N3CCC(c4ccccc4CN4CCCC4=O)CC3)cc(=O)c2c1. The van der Waals surface area contributed by atoms with Crippen LogP contribution in [0.25, 0.3) is 11.0 Å². The van der Waals surface area contributed by atoms with Crippen molar-refractivity contribution in [3.8, 4) is 0 Å². The average Bonchev–Trinajstić information content (AvgIpc) is 3.48. The van der Waals surface area contributed by atoms with Crippen LogP contribution in [0.4, 0.5) is 0 Å². The second kappa shape index (κ2) is 14.1. The molecule has 9 heteroatoms. The van der Waals surface area contributed by atoms with Crippen LogP contribution >= 0.6 is 11.6 Å². The van der Waals surface area contributed by atoms with Crippen molar-refractivity contribution in [2.24, 2.45) is 0 Å². The van der Waals surface area contributed by atoms with Crippen LogP contribution in [0.1, 0.15) is 84.2 Å². The molecule has 2 saturated heterocycles. The van der Waals surface area contributed by atoms with Gasteiger partial charge in [-0.25, -0.2) is 0 Å². The summed E-state index contributed by atoms with van der Waals surface area (Å²) in [7, 11) is 0. The van der Waals surface area contributed by atoms with E-state index in [4.69, 9.17) is 16.0 Å². The molecule has 0 bridgehead atoms. The van der Waals surface area contributed by atoms with E-state index in [1.54, 1.807) is 24.3 Å². The van der Waals surface area contributed by atoms with Gasteiger partial charge in [-0.2, -0.15) is 0 Å². The molecule has 3 aromatic carbocycles. The summed E-state index contributed by atoms with van der Waals surface area (Å²) in [6.45, 7) is 6.58. The van der Waals surface area contributed by atoms with Crippen molar-refractivity contribution in [3.05, 3.63) is 116 Å². The number of nitrogens with zero attached hydrogens (tertiary/aromatic N) is 2. The van der Waals surface area contributed by atoms with Gasteiger partial charge in [-0.1, -0.05) is 67.9 Å². The zero-order valence-corrected chi connectivity index (χ0v) is 27.6. The molecule has 244 valence electrons. The summed E-state index contributed by atoms with van der Waals surface area (Å²) in [5.41, 5.74) is 4.26. The molecule has 47 heavy (non-hydrogen) atoms. The molecule has 3 heterocycles. The fourth-order valence-electron chi connectivity index (χ4n) is 6.72. The molecule has 4 aromatic rings. The van der Waals surface area contributed by atoms with E-state index in [2.05, 4.69) is 17.4 Å². The van der Waals surface area contributed by atoms with Crippen LogP contribution in [0.3, 0.4) is 0 Å². The first-order valence-electron chi connectivity index (χ1n) is 16.4. The number of nitrogens with one attached hydrogen (secondary N) is 1. The highest BCUT2D eigenvalue weighted by Gasteiger charge is 2.32. The van der Waals surface area contributed by atoms with Gasteiger partial charge in [0.1, 0.15) is 11.6 Å². The van der Waals surface area contributed by atoms with Gasteiger partial charge in [0.15, 0.2) is 11.2 Å². The van der Waals surface area contributed by atoms with Crippen molar-refractivity contribution in [1.82, 2.24) is 15.1 Å². The standard InChI is InChI=1S/C38H40ClN3O5/c1-24(2)27-11-14-34-31(21-27)33(43)22-35(47-34)37(45)40-32(20-25-9-12-29(39)13-10-25)38(46)41-18-15-26(16-19-41)30-7-4-3-6-28(30)23-42-17-5-8-36(42)44/h3-4,6-7,9-14,21-22,24,26,32H,5,8,15-20,23H2,1-2H3,(H,40,45)/t32-/m0/s1. The molecule has 0 aliphatic carbocycles. The van der Waals surface area contributed by atoms with E-state index in [-0.39, 0.29) is 41.3 Å². The second-order valence-corrected chi connectivity index (χ2v) is 13.4. The lowest BCUT2D eigenvalue weighted by atomic mass is 9.86. The third kappa shape index (κ3) is 7.43. The summed E-state index contributed by atoms with van der Waals surface area (Å²) >= 11 is 6.11. The maximum Gasteiger partial charge on any atom is 0.287 e. The molecule has 1 atom stereocenters. The average molecular weight is 654 g/mol. The molecule has 8 nitrogen and oxygen atoms in total. The van der Waals surface area contributed by atoms with Crippen molar-refractivity contribution < 1.29 is 18.8 Å². The molecule has 6 rings (SSSR count). The summed E-state index contributed by atoms with van der Waals surface area (Å²) in [6, 6.07) is 21.2. The highest BCUT2D eigenvalue weighted by Crippen LogP contribution is 2.32. The Labute approximate surface area is 279 Å². The molecule has 0 saturated carbocycles. The summed E-state index contributed by atoms with van der Waals surface area (Å²) in [5.74, 6) is -0.239. The lowest BCUT2D eigenvalue weighted by molar-refractivity contribution is -0.134. The van der Waals surface area contributed by atoms with Crippen molar-refractivity contribution in [2.45, 2.75) is 70.4 Å². The van der Waals surface area contributed by atoms with Crippen molar-refractivity contribution in [3.63, 3.8) is 0 Å².